The van der Waals surface area contributed by atoms with Gasteiger partial charge in [-0.15, -0.1) is 0 Å². The van der Waals surface area contributed by atoms with Crippen molar-refractivity contribution in [3.63, 3.8) is 0 Å². The molecule has 2 aromatic heterocycles. The van der Waals surface area contributed by atoms with E-state index in [0.29, 0.717) is 12.5 Å². The molecule has 128 valence electrons. The molecule has 3 aromatic rings. The molecule has 6 heteroatoms. The first-order chi connectivity index (χ1) is 12.3. The predicted molar refractivity (Wildman–Crippen MR) is 96.9 cm³/mol. The number of aryl methyl sites for hydroxylation is 2. The minimum absolute atomic E-state index is 0.0443. The van der Waals surface area contributed by atoms with Gasteiger partial charge >= 0.3 is 0 Å². The van der Waals surface area contributed by atoms with Crippen LogP contribution in [0.1, 0.15) is 24.1 Å². The van der Waals surface area contributed by atoms with Crippen molar-refractivity contribution in [3.05, 3.63) is 51.9 Å². The number of H-pyrrole nitrogens is 1. The maximum atomic E-state index is 12.3. The predicted octanol–water partition coefficient (Wildman–Crippen LogP) is 2.13. The van der Waals surface area contributed by atoms with Crippen LogP contribution < -0.4 is 10.5 Å². The molecule has 0 amide bonds. The summed E-state index contributed by atoms with van der Waals surface area (Å²) in [6.07, 6.45) is 4.36. The third-order valence-electron chi connectivity index (χ3n) is 5.34. The van der Waals surface area contributed by atoms with Crippen LogP contribution in [0.25, 0.3) is 11.0 Å². The minimum Gasteiger partial charge on any atom is -0.342 e. The average Bonchev–Trinajstić information content (AvgIpc) is 3.01. The largest absolute Gasteiger partial charge is 0.342 e. The molecule has 1 fully saturated rings. The van der Waals surface area contributed by atoms with E-state index in [2.05, 4.69) is 20.0 Å². The quantitative estimate of drug-likeness (QED) is 0.796. The van der Waals surface area contributed by atoms with E-state index in [0.717, 1.165) is 54.2 Å². The van der Waals surface area contributed by atoms with Crippen LogP contribution >= 0.6 is 0 Å². The molecule has 5 rings (SSSR count). The van der Waals surface area contributed by atoms with E-state index in [4.69, 9.17) is 0 Å². The van der Waals surface area contributed by atoms with Crippen molar-refractivity contribution in [1.82, 2.24) is 19.7 Å². The summed E-state index contributed by atoms with van der Waals surface area (Å²) in [7, 11) is 0. The Morgan fingerprint density at radius 3 is 2.88 bits per heavy atom. The summed E-state index contributed by atoms with van der Waals surface area (Å²) in [5.74, 6) is 1.36. The smallest absolute Gasteiger partial charge is 0.267 e. The molecule has 0 saturated carbocycles. The Bertz CT molecular complexity index is 950. The number of benzene rings is 1. The van der Waals surface area contributed by atoms with Crippen LogP contribution in [0.4, 0.5) is 5.95 Å². The third kappa shape index (κ3) is 2.62. The Hall–Kier alpha value is -2.63. The summed E-state index contributed by atoms with van der Waals surface area (Å²) < 4.78 is 1.67. The second-order valence-corrected chi connectivity index (χ2v) is 7.19. The highest BCUT2D eigenvalue weighted by Gasteiger charge is 2.30. The van der Waals surface area contributed by atoms with Crippen LogP contribution in [0.5, 0.6) is 0 Å². The van der Waals surface area contributed by atoms with E-state index in [1.807, 2.05) is 24.3 Å². The first-order valence-corrected chi connectivity index (χ1v) is 9.06. The van der Waals surface area contributed by atoms with Crippen LogP contribution in [-0.2, 0) is 19.4 Å². The lowest BCUT2D eigenvalue weighted by Crippen LogP contribution is -2.50. The van der Waals surface area contributed by atoms with Crippen LogP contribution in [0.15, 0.2) is 35.1 Å². The Labute approximate surface area is 145 Å². The van der Waals surface area contributed by atoms with Gasteiger partial charge in [0.15, 0.2) is 0 Å². The van der Waals surface area contributed by atoms with Crippen LogP contribution in [0, 0.1) is 5.92 Å². The topological polar surface area (TPSA) is 66.8 Å². The molecular weight excluding hydrogens is 314 g/mol. The van der Waals surface area contributed by atoms with Gasteiger partial charge in [0.25, 0.3) is 5.56 Å². The lowest BCUT2D eigenvalue weighted by molar-refractivity contribution is 0.328. The summed E-state index contributed by atoms with van der Waals surface area (Å²) in [4.78, 5) is 22.5. The van der Waals surface area contributed by atoms with Crippen molar-refractivity contribution in [2.24, 2.45) is 5.92 Å². The average molecular weight is 335 g/mol. The summed E-state index contributed by atoms with van der Waals surface area (Å²) in [5, 5.41) is 4.63. The minimum atomic E-state index is 0.0443. The van der Waals surface area contributed by atoms with E-state index in [1.54, 1.807) is 10.7 Å². The Kier molecular flexibility index (Phi) is 3.36. The SMILES string of the molecule is O=c1cc2c(nn1CC1CN(c3nc4ccccc4[nH]3)C1)CCCC2. The van der Waals surface area contributed by atoms with Crippen molar-refractivity contribution in [2.45, 2.75) is 32.2 Å². The van der Waals surface area contributed by atoms with E-state index < -0.39 is 0 Å². The molecule has 0 unspecified atom stereocenters. The van der Waals surface area contributed by atoms with E-state index >= 15 is 0 Å². The highest BCUT2D eigenvalue weighted by Crippen LogP contribution is 2.25. The highest BCUT2D eigenvalue weighted by atomic mass is 16.1. The first kappa shape index (κ1) is 14.7. The van der Waals surface area contributed by atoms with Crippen molar-refractivity contribution in [2.75, 3.05) is 18.0 Å². The van der Waals surface area contributed by atoms with Gasteiger partial charge < -0.3 is 9.88 Å². The maximum absolute atomic E-state index is 12.3. The van der Waals surface area contributed by atoms with Crippen molar-refractivity contribution in [1.29, 1.82) is 0 Å². The molecule has 1 N–H and O–H groups in total. The molecule has 0 atom stereocenters. The first-order valence-electron chi connectivity index (χ1n) is 9.06. The summed E-state index contributed by atoms with van der Waals surface area (Å²) >= 11 is 0. The number of aromatic amines is 1. The molecule has 3 heterocycles. The lowest BCUT2D eigenvalue weighted by Gasteiger charge is -2.39. The van der Waals surface area contributed by atoms with E-state index in [-0.39, 0.29) is 5.56 Å². The molecule has 0 bridgehead atoms. The molecule has 0 radical (unpaired) electrons. The summed E-state index contributed by atoms with van der Waals surface area (Å²) in [5.41, 5.74) is 4.38. The molecule has 0 spiro atoms. The number of nitrogens with one attached hydrogen (secondary N) is 1. The maximum Gasteiger partial charge on any atom is 0.267 e. The fourth-order valence-corrected chi connectivity index (χ4v) is 3.92. The molecule has 1 aliphatic heterocycles. The van der Waals surface area contributed by atoms with E-state index in [1.165, 1.54) is 12.8 Å². The van der Waals surface area contributed by atoms with Crippen molar-refractivity contribution >= 4 is 17.0 Å². The van der Waals surface area contributed by atoms with Gasteiger partial charge in [0.05, 0.1) is 23.3 Å². The number of hydrogen-bond acceptors (Lipinski definition) is 4. The molecule has 6 nitrogen and oxygen atoms in total. The van der Waals surface area contributed by atoms with Crippen LogP contribution in [0.2, 0.25) is 0 Å². The highest BCUT2D eigenvalue weighted by molar-refractivity contribution is 5.77. The van der Waals surface area contributed by atoms with Gasteiger partial charge in [0, 0.05) is 25.1 Å². The number of imidazole rings is 1. The fourth-order valence-electron chi connectivity index (χ4n) is 3.92. The molecule has 1 aliphatic carbocycles. The number of nitrogens with zero attached hydrogens (tertiary/aromatic N) is 4. The van der Waals surface area contributed by atoms with Crippen LogP contribution in [0.3, 0.4) is 0 Å². The number of aromatic nitrogens is 4. The molecular formula is C19H21N5O. The standard InChI is InChI=1S/C19H21N5O/c25-18-9-14-5-1-2-6-15(14)22-24(18)12-13-10-23(11-13)19-20-16-7-3-4-8-17(16)21-19/h3-4,7-9,13H,1-2,5-6,10-12H2,(H,20,21). The number of hydrogen-bond donors (Lipinski definition) is 1. The van der Waals surface area contributed by atoms with Crippen LogP contribution in [-0.4, -0.2) is 32.8 Å². The Morgan fingerprint density at radius 2 is 2.00 bits per heavy atom. The zero-order chi connectivity index (χ0) is 16.8. The summed E-state index contributed by atoms with van der Waals surface area (Å²) in [6, 6.07) is 9.87. The zero-order valence-electron chi connectivity index (χ0n) is 14.1. The number of para-hydroxylation sites is 2. The Morgan fingerprint density at radius 1 is 1.16 bits per heavy atom. The van der Waals surface area contributed by atoms with Gasteiger partial charge in [0.1, 0.15) is 0 Å². The number of anilines is 1. The molecule has 1 saturated heterocycles. The Balaban J connectivity index is 1.29. The summed E-state index contributed by atoms with van der Waals surface area (Å²) in [6.45, 7) is 2.51. The van der Waals surface area contributed by atoms with Gasteiger partial charge in [-0.05, 0) is 43.4 Å². The van der Waals surface area contributed by atoms with Gasteiger partial charge in [-0.2, -0.15) is 5.10 Å². The number of fused-ring (bicyclic) bond motifs is 2. The molecule has 25 heavy (non-hydrogen) atoms. The second-order valence-electron chi connectivity index (χ2n) is 7.19. The van der Waals surface area contributed by atoms with E-state index in [9.17, 15) is 4.79 Å². The van der Waals surface area contributed by atoms with Gasteiger partial charge in [-0.25, -0.2) is 9.67 Å². The van der Waals surface area contributed by atoms with Gasteiger partial charge in [0.2, 0.25) is 5.95 Å². The number of rotatable bonds is 3. The fraction of sp³-hybridized carbons (Fsp3) is 0.421. The molecule has 1 aromatic carbocycles. The van der Waals surface area contributed by atoms with Crippen molar-refractivity contribution < 1.29 is 0 Å². The zero-order valence-corrected chi connectivity index (χ0v) is 14.1. The molecule has 2 aliphatic rings. The normalized spacial score (nSPS) is 17.5. The van der Waals surface area contributed by atoms with Gasteiger partial charge in [-0.3, -0.25) is 4.79 Å². The lowest BCUT2D eigenvalue weighted by atomic mass is 9.97. The van der Waals surface area contributed by atoms with Gasteiger partial charge in [-0.1, -0.05) is 12.1 Å². The second kappa shape index (κ2) is 5.72. The van der Waals surface area contributed by atoms with Crippen molar-refractivity contribution in [3.8, 4) is 0 Å². The monoisotopic (exact) mass is 335 g/mol. The third-order valence-corrected chi connectivity index (χ3v) is 5.34.